The average Bonchev–Trinajstić information content (AvgIpc) is 2.55. The molecule has 0 aliphatic rings. The molecule has 0 aromatic carbocycles. The van der Waals surface area contributed by atoms with Crippen LogP contribution in [0.15, 0.2) is 30.5 Å². The van der Waals surface area contributed by atoms with Crippen LogP contribution < -0.4 is 0 Å². The van der Waals surface area contributed by atoms with Crippen molar-refractivity contribution in [2.24, 2.45) is 0 Å². The number of pyridine rings is 1. The van der Waals surface area contributed by atoms with E-state index in [0.29, 0.717) is 0 Å². The van der Waals surface area contributed by atoms with Gasteiger partial charge < -0.3 is 9.30 Å². The van der Waals surface area contributed by atoms with Crippen molar-refractivity contribution in [1.29, 1.82) is 0 Å². The van der Waals surface area contributed by atoms with Crippen molar-refractivity contribution in [2.75, 3.05) is 20.6 Å². The number of hydrogen-bond donors (Lipinski definition) is 0. The second-order valence-corrected chi connectivity index (χ2v) is 4.68. The Balaban J connectivity index is 2.19. The Morgan fingerprint density at radius 1 is 1.25 bits per heavy atom. The van der Waals surface area contributed by atoms with Crippen LogP contribution in [-0.4, -0.2) is 29.9 Å². The van der Waals surface area contributed by atoms with Crippen molar-refractivity contribution in [3.05, 3.63) is 41.7 Å². The molecule has 0 N–H and O–H groups in total. The van der Waals surface area contributed by atoms with Gasteiger partial charge in [0, 0.05) is 17.4 Å². The van der Waals surface area contributed by atoms with Crippen LogP contribution in [0.25, 0.3) is 5.52 Å². The Kier molecular flexibility index (Phi) is 3.30. The first-order chi connectivity index (χ1) is 7.68. The highest BCUT2D eigenvalue weighted by atomic mass is 15.0. The Morgan fingerprint density at radius 2 is 2.06 bits per heavy atom. The van der Waals surface area contributed by atoms with Crippen LogP contribution in [0, 0.1) is 6.92 Å². The normalized spacial score (nSPS) is 11.5. The van der Waals surface area contributed by atoms with Crippen molar-refractivity contribution >= 4 is 5.52 Å². The second-order valence-electron chi connectivity index (χ2n) is 4.68. The monoisotopic (exact) mass is 216 g/mol. The van der Waals surface area contributed by atoms with Crippen LogP contribution in [0.5, 0.6) is 0 Å². The molecule has 0 unspecified atom stereocenters. The molecule has 2 aromatic heterocycles. The fourth-order valence-corrected chi connectivity index (χ4v) is 2.20. The lowest BCUT2D eigenvalue weighted by molar-refractivity contribution is 0.399. The minimum Gasteiger partial charge on any atom is -0.321 e. The van der Waals surface area contributed by atoms with Gasteiger partial charge in [-0.1, -0.05) is 6.07 Å². The third-order valence-electron chi connectivity index (χ3n) is 3.02. The van der Waals surface area contributed by atoms with Gasteiger partial charge in [0.05, 0.1) is 0 Å². The number of nitrogens with zero attached hydrogens (tertiary/aromatic N) is 2. The number of aromatic nitrogens is 1. The summed E-state index contributed by atoms with van der Waals surface area (Å²) in [6.45, 7) is 3.36. The van der Waals surface area contributed by atoms with Gasteiger partial charge in [0.25, 0.3) is 0 Å². The molecule has 0 saturated heterocycles. The topological polar surface area (TPSA) is 7.65 Å². The molecule has 0 saturated carbocycles. The summed E-state index contributed by atoms with van der Waals surface area (Å²) in [7, 11) is 4.26. The standard InChI is InChI=1S/C14H20N2/c1-12-11-13-7-4-5-10-16(13)14(12)8-6-9-15(2)3/h4-5,7,10-11H,6,8-9H2,1-3H3. The Labute approximate surface area is 97.5 Å². The van der Waals surface area contributed by atoms with Crippen LogP contribution in [0.4, 0.5) is 0 Å². The van der Waals surface area contributed by atoms with Gasteiger partial charge in [0.15, 0.2) is 0 Å². The highest BCUT2D eigenvalue weighted by Crippen LogP contribution is 2.17. The molecule has 2 heteroatoms. The molecule has 2 nitrogen and oxygen atoms in total. The first kappa shape index (κ1) is 11.2. The van der Waals surface area contributed by atoms with E-state index in [1.165, 1.54) is 23.2 Å². The Morgan fingerprint density at radius 3 is 2.81 bits per heavy atom. The van der Waals surface area contributed by atoms with Gasteiger partial charge >= 0.3 is 0 Å². The van der Waals surface area contributed by atoms with Crippen molar-refractivity contribution in [2.45, 2.75) is 19.8 Å². The molecule has 2 heterocycles. The maximum atomic E-state index is 2.31. The molecule has 86 valence electrons. The maximum Gasteiger partial charge on any atom is 0.0455 e. The third kappa shape index (κ3) is 2.27. The molecule has 0 bridgehead atoms. The third-order valence-corrected chi connectivity index (χ3v) is 3.02. The molecule has 0 spiro atoms. The minimum absolute atomic E-state index is 1.15. The van der Waals surface area contributed by atoms with E-state index in [1.807, 2.05) is 0 Å². The molecule has 0 amide bonds. The molecule has 2 aromatic rings. The van der Waals surface area contributed by atoms with Crippen LogP contribution in [0.3, 0.4) is 0 Å². The van der Waals surface area contributed by atoms with Gasteiger partial charge in [0.1, 0.15) is 0 Å². The zero-order valence-electron chi connectivity index (χ0n) is 10.4. The molecular weight excluding hydrogens is 196 g/mol. The molecule has 0 aliphatic carbocycles. The van der Waals surface area contributed by atoms with E-state index in [0.717, 1.165) is 13.0 Å². The highest BCUT2D eigenvalue weighted by molar-refractivity contribution is 5.53. The van der Waals surface area contributed by atoms with Gasteiger partial charge in [0.2, 0.25) is 0 Å². The van der Waals surface area contributed by atoms with Gasteiger partial charge in [-0.25, -0.2) is 0 Å². The van der Waals surface area contributed by atoms with Gasteiger partial charge in [-0.05, 0) is 64.2 Å². The predicted molar refractivity (Wildman–Crippen MR) is 69.0 cm³/mol. The first-order valence-electron chi connectivity index (χ1n) is 5.89. The molecule has 0 fully saturated rings. The number of rotatable bonds is 4. The molecule has 0 atom stereocenters. The SMILES string of the molecule is Cc1cc2ccccn2c1CCCN(C)C. The van der Waals surface area contributed by atoms with Crippen molar-refractivity contribution in [3.8, 4) is 0 Å². The minimum atomic E-state index is 1.15. The average molecular weight is 216 g/mol. The van der Waals surface area contributed by atoms with Gasteiger partial charge in [-0.15, -0.1) is 0 Å². The summed E-state index contributed by atoms with van der Waals surface area (Å²) >= 11 is 0. The van der Waals surface area contributed by atoms with E-state index in [-0.39, 0.29) is 0 Å². The number of aryl methyl sites for hydroxylation is 2. The summed E-state index contributed by atoms with van der Waals surface area (Å²) in [5, 5.41) is 0. The van der Waals surface area contributed by atoms with Crippen LogP contribution in [0.1, 0.15) is 17.7 Å². The largest absolute Gasteiger partial charge is 0.321 e. The van der Waals surface area contributed by atoms with E-state index in [4.69, 9.17) is 0 Å². The second kappa shape index (κ2) is 4.71. The summed E-state index contributed by atoms with van der Waals surface area (Å²) in [5.41, 5.74) is 4.17. The molecule has 0 aliphatic heterocycles. The van der Waals surface area contributed by atoms with E-state index >= 15 is 0 Å². The lowest BCUT2D eigenvalue weighted by Crippen LogP contribution is -2.14. The fourth-order valence-electron chi connectivity index (χ4n) is 2.20. The number of fused-ring (bicyclic) bond motifs is 1. The zero-order valence-corrected chi connectivity index (χ0v) is 10.4. The van der Waals surface area contributed by atoms with Crippen molar-refractivity contribution < 1.29 is 0 Å². The lowest BCUT2D eigenvalue weighted by Gasteiger charge is -2.09. The Bertz CT molecular complexity index is 469. The van der Waals surface area contributed by atoms with Gasteiger partial charge in [-0.2, -0.15) is 0 Å². The molecular formula is C14H20N2. The molecule has 2 rings (SSSR count). The van der Waals surface area contributed by atoms with Crippen molar-refractivity contribution in [1.82, 2.24) is 9.30 Å². The summed E-state index contributed by atoms with van der Waals surface area (Å²) < 4.78 is 2.31. The summed E-state index contributed by atoms with van der Waals surface area (Å²) in [5.74, 6) is 0. The predicted octanol–water partition coefficient (Wildman–Crippen LogP) is 2.74. The van der Waals surface area contributed by atoms with Gasteiger partial charge in [-0.3, -0.25) is 0 Å². The van der Waals surface area contributed by atoms with Crippen LogP contribution in [0.2, 0.25) is 0 Å². The zero-order chi connectivity index (χ0) is 11.5. The lowest BCUT2D eigenvalue weighted by atomic mass is 10.1. The fraction of sp³-hybridized carbons (Fsp3) is 0.429. The quantitative estimate of drug-likeness (QED) is 0.762. The Hall–Kier alpha value is -1.28. The van der Waals surface area contributed by atoms with Crippen LogP contribution >= 0.6 is 0 Å². The summed E-state index contributed by atoms with van der Waals surface area (Å²) in [6, 6.07) is 8.63. The van der Waals surface area contributed by atoms with Crippen molar-refractivity contribution in [3.63, 3.8) is 0 Å². The highest BCUT2D eigenvalue weighted by Gasteiger charge is 2.05. The van der Waals surface area contributed by atoms with Crippen LogP contribution in [-0.2, 0) is 6.42 Å². The smallest absolute Gasteiger partial charge is 0.0455 e. The maximum absolute atomic E-state index is 2.31. The van der Waals surface area contributed by atoms with E-state index < -0.39 is 0 Å². The first-order valence-corrected chi connectivity index (χ1v) is 5.89. The number of hydrogen-bond acceptors (Lipinski definition) is 1. The van der Waals surface area contributed by atoms with E-state index in [9.17, 15) is 0 Å². The molecule has 0 radical (unpaired) electrons. The molecule has 16 heavy (non-hydrogen) atoms. The summed E-state index contributed by atoms with van der Waals surface area (Å²) in [6.07, 6.45) is 4.53. The van der Waals surface area contributed by atoms with E-state index in [1.54, 1.807) is 0 Å². The van der Waals surface area contributed by atoms with E-state index in [2.05, 4.69) is 60.8 Å². The summed E-state index contributed by atoms with van der Waals surface area (Å²) in [4.78, 5) is 2.24.